The molecule has 0 heterocycles. The van der Waals surface area contributed by atoms with Crippen LogP contribution in [0.25, 0.3) is 6.08 Å². The summed E-state index contributed by atoms with van der Waals surface area (Å²) in [5, 5.41) is 4.19. The van der Waals surface area contributed by atoms with E-state index in [0.717, 1.165) is 17.7 Å². The summed E-state index contributed by atoms with van der Waals surface area (Å²) in [7, 11) is 0. The highest BCUT2D eigenvalue weighted by Gasteiger charge is 2.55. The van der Waals surface area contributed by atoms with Crippen LogP contribution in [0.5, 0.6) is 0 Å². The molecule has 0 saturated heterocycles. The topological polar surface area (TPSA) is 41.5 Å². The van der Waals surface area contributed by atoms with Gasteiger partial charge in [-0.3, -0.25) is 4.79 Å². The van der Waals surface area contributed by atoms with Crippen LogP contribution in [0, 0.1) is 5.92 Å². The van der Waals surface area contributed by atoms with Gasteiger partial charge in [0.25, 0.3) is 0 Å². The van der Waals surface area contributed by atoms with Gasteiger partial charge in [0.2, 0.25) is 5.91 Å². The average molecular weight is 318 g/mol. The Bertz CT molecular complexity index is 765. The highest BCUT2D eigenvalue weighted by Crippen LogP contribution is 2.53. The van der Waals surface area contributed by atoms with Crippen molar-refractivity contribution in [1.29, 1.82) is 0 Å². The van der Waals surface area contributed by atoms with Crippen LogP contribution >= 0.6 is 0 Å². The van der Waals surface area contributed by atoms with E-state index >= 15 is 0 Å². The van der Waals surface area contributed by atoms with Crippen LogP contribution in [-0.2, 0) is 10.2 Å². The molecule has 1 saturated carbocycles. The van der Waals surface area contributed by atoms with E-state index in [9.17, 15) is 4.79 Å². The fourth-order valence-electron chi connectivity index (χ4n) is 2.92. The molecule has 1 aliphatic rings. The van der Waals surface area contributed by atoms with E-state index in [1.165, 1.54) is 5.56 Å². The number of amides is 1. The molecule has 0 unspecified atom stereocenters. The molecule has 24 heavy (non-hydrogen) atoms. The number of hydrazone groups is 1. The van der Waals surface area contributed by atoms with Crippen molar-refractivity contribution in [3.05, 3.63) is 77.9 Å². The molecule has 122 valence electrons. The van der Waals surface area contributed by atoms with Crippen LogP contribution in [0.1, 0.15) is 31.4 Å². The van der Waals surface area contributed by atoms with E-state index in [1.807, 2.05) is 67.6 Å². The van der Waals surface area contributed by atoms with Crippen molar-refractivity contribution in [2.75, 3.05) is 0 Å². The van der Waals surface area contributed by atoms with Gasteiger partial charge in [-0.1, -0.05) is 73.7 Å². The summed E-state index contributed by atoms with van der Waals surface area (Å²) in [5.41, 5.74) is 5.74. The average Bonchev–Trinajstić information content (AvgIpc) is 3.33. The Morgan fingerprint density at radius 1 is 1.12 bits per heavy atom. The number of hydrogen-bond acceptors (Lipinski definition) is 2. The first-order chi connectivity index (χ1) is 11.6. The van der Waals surface area contributed by atoms with E-state index in [4.69, 9.17) is 0 Å². The van der Waals surface area contributed by atoms with Crippen molar-refractivity contribution in [2.24, 2.45) is 11.0 Å². The summed E-state index contributed by atoms with van der Waals surface area (Å²) in [6.07, 6.45) is 4.76. The van der Waals surface area contributed by atoms with Crippen LogP contribution in [0.4, 0.5) is 0 Å². The number of rotatable bonds is 5. The van der Waals surface area contributed by atoms with Crippen molar-refractivity contribution in [1.82, 2.24) is 5.43 Å². The lowest BCUT2D eigenvalue weighted by Crippen LogP contribution is -2.24. The van der Waals surface area contributed by atoms with E-state index in [1.54, 1.807) is 0 Å². The van der Waals surface area contributed by atoms with E-state index in [2.05, 4.69) is 29.6 Å². The number of benzene rings is 2. The predicted octanol–water partition coefficient (Wildman–Crippen LogP) is 4.17. The second kappa shape index (κ2) is 6.83. The zero-order valence-corrected chi connectivity index (χ0v) is 14.1. The van der Waals surface area contributed by atoms with Gasteiger partial charge >= 0.3 is 0 Å². The molecule has 0 radical (unpaired) electrons. The summed E-state index contributed by atoms with van der Waals surface area (Å²) in [5.74, 6) is -0.0108. The molecule has 0 aliphatic heterocycles. The normalized spacial score (nSPS) is 23.2. The second-order valence-electron chi connectivity index (χ2n) is 6.51. The summed E-state index contributed by atoms with van der Waals surface area (Å²) in [6.45, 7) is 4.02. The highest BCUT2D eigenvalue weighted by molar-refractivity contribution is 5.97. The first kappa shape index (κ1) is 16.2. The van der Waals surface area contributed by atoms with Gasteiger partial charge in [-0.05, 0) is 30.5 Å². The molecule has 1 fully saturated rings. The Labute approximate surface area is 143 Å². The maximum absolute atomic E-state index is 12.3. The van der Waals surface area contributed by atoms with Gasteiger partial charge in [0.05, 0.1) is 11.6 Å². The zero-order chi connectivity index (χ0) is 17.0. The lowest BCUT2D eigenvalue weighted by Gasteiger charge is -2.10. The number of carbonyl (C=O) groups is 1. The highest BCUT2D eigenvalue weighted by atomic mass is 16.2. The third-order valence-electron chi connectivity index (χ3n) is 4.65. The van der Waals surface area contributed by atoms with Gasteiger partial charge in [0.15, 0.2) is 0 Å². The zero-order valence-electron chi connectivity index (χ0n) is 14.1. The molecule has 1 amide bonds. The van der Waals surface area contributed by atoms with Crippen molar-refractivity contribution in [2.45, 2.75) is 25.7 Å². The van der Waals surface area contributed by atoms with E-state index < -0.39 is 0 Å². The minimum atomic E-state index is -0.0609. The van der Waals surface area contributed by atoms with Crippen LogP contribution < -0.4 is 5.43 Å². The summed E-state index contributed by atoms with van der Waals surface area (Å²) >= 11 is 0. The molecule has 0 bridgehead atoms. The quantitative estimate of drug-likeness (QED) is 0.652. The number of hydrogen-bond donors (Lipinski definition) is 1. The molecule has 2 aromatic carbocycles. The van der Waals surface area contributed by atoms with E-state index in [-0.39, 0.29) is 17.2 Å². The molecule has 2 aromatic rings. The van der Waals surface area contributed by atoms with Crippen molar-refractivity contribution in [3.8, 4) is 0 Å². The Kier molecular flexibility index (Phi) is 4.61. The number of nitrogens with one attached hydrogen (secondary N) is 1. The lowest BCUT2D eigenvalue weighted by molar-refractivity contribution is -0.122. The van der Waals surface area contributed by atoms with Crippen LogP contribution in [0.3, 0.4) is 0 Å². The second-order valence-corrected chi connectivity index (χ2v) is 6.51. The van der Waals surface area contributed by atoms with Gasteiger partial charge in [-0.15, -0.1) is 0 Å². The van der Waals surface area contributed by atoms with Crippen molar-refractivity contribution >= 4 is 17.7 Å². The fourth-order valence-corrected chi connectivity index (χ4v) is 2.92. The minimum Gasteiger partial charge on any atom is -0.273 e. The van der Waals surface area contributed by atoms with Gasteiger partial charge in [-0.25, -0.2) is 5.43 Å². The maximum Gasteiger partial charge on any atom is 0.244 e. The lowest BCUT2D eigenvalue weighted by atomic mass is 9.95. The van der Waals surface area contributed by atoms with Gasteiger partial charge in [0.1, 0.15) is 0 Å². The molecule has 1 N–H and O–H groups in total. The molecular weight excluding hydrogens is 296 g/mol. The monoisotopic (exact) mass is 318 g/mol. The number of carbonyl (C=O) groups excluding carboxylic acids is 1. The molecular formula is C21H22N2O. The molecule has 2 atom stereocenters. The third-order valence-corrected chi connectivity index (χ3v) is 4.65. The minimum absolute atomic E-state index is 0.00504. The molecule has 0 aromatic heterocycles. The smallest absolute Gasteiger partial charge is 0.244 e. The van der Waals surface area contributed by atoms with Gasteiger partial charge in [0, 0.05) is 5.41 Å². The maximum atomic E-state index is 12.3. The first-order valence-electron chi connectivity index (χ1n) is 8.22. The van der Waals surface area contributed by atoms with Crippen LogP contribution in [-0.4, -0.2) is 11.6 Å². The molecule has 3 nitrogen and oxygen atoms in total. The SMILES string of the molecule is CC(/C=C/c1ccccc1)=N/NC(=O)[C@@H]1C[C@]1(C)c1ccccc1. The van der Waals surface area contributed by atoms with Crippen LogP contribution in [0.2, 0.25) is 0 Å². The van der Waals surface area contributed by atoms with Gasteiger partial charge in [-0.2, -0.15) is 5.10 Å². The Hall–Kier alpha value is -2.68. The summed E-state index contributed by atoms with van der Waals surface area (Å²) < 4.78 is 0. The largest absolute Gasteiger partial charge is 0.273 e. The Morgan fingerprint density at radius 3 is 2.42 bits per heavy atom. The fraction of sp³-hybridized carbons (Fsp3) is 0.238. The van der Waals surface area contributed by atoms with Crippen molar-refractivity contribution in [3.63, 3.8) is 0 Å². The predicted molar refractivity (Wildman–Crippen MR) is 98.6 cm³/mol. The number of nitrogens with zero attached hydrogens (tertiary/aromatic N) is 1. The molecule has 1 aliphatic carbocycles. The Balaban J connectivity index is 1.57. The van der Waals surface area contributed by atoms with Crippen molar-refractivity contribution < 1.29 is 4.79 Å². The first-order valence-corrected chi connectivity index (χ1v) is 8.22. The Morgan fingerprint density at radius 2 is 1.75 bits per heavy atom. The molecule has 3 heteroatoms. The third kappa shape index (κ3) is 3.62. The van der Waals surface area contributed by atoms with E-state index in [0.29, 0.717) is 0 Å². The molecule has 0 spiro atoms. The summed E-state index contributed by atoms with van der Waals surface area (Å²) in [4.78, 5) is 12.3. The number of allylic oxidation sites excluding steroid dienone is 1. The summed E-state index contributed by atoms with van der Waals surface area (Å²) in [6, 6.07) is 20.2. The van der Waals surface area contributed by atoms with Crippen LogP contribution in [0.15, 0.2) is 71.8 Å². The standard InChI is InChI=1S/C21H22N2O/c1-16(13-14-17-9-5-3-6-10-17)22-23-20(24)19-15-21(19,2)18-11-7-4-8-12-18/h3-14,19H,15H2,1-2H3,(H,23,24)/b14-13+,22-16-/t19-,21+/m0/s1. The molecule has 3 rings (SSSR count). The van der Waals surface area contributed by atoms with Gasteiger partial charge < -0.3 is 0 Å².